The maximum atomic E-state index is 13.0. The van der Waals surface area contributed by atoms with Crippen molar-refractivity contribution >= 4 is 24.9 Å². The summed E-state index contributed by atoms with van der Waals surface area (Å²) < 4.78 is 49.3. The molecule has 42 heavy (non-hydrogen) atoms. The molecule has 2 rings (SSSR count). The minimum atomic E-state index is -2.42. The van der Waals surface area contributed by atoms with Crippen LogP contribution in [-0.4, -0.2) is 30.9 Å². The van der Waals surface area contributed by atoms with Crippen LogP contribution in [0.25, 0.3) is 0 Å². The molecular weight excluding hydrogens is 583 g/mol. The molecule has 236 valence electrons. The lowest BCUT2D eigenvalue weighted by Crippen LogP contribution is -2.44. The summed E-state index contributed by atoms with van der Waals surface area (Å²) >= 11 is 0. The summed E-state index contributed by atoms with van der Waals surface area (Å²) in [6, 6.07) is 7.78. The molecule has 0 N–H and O–H groups in total. The van der Waals surface area contributed by atoms with Crippen LogP contribution in [-0.2, 0) is 13.6 Å². The largest absolute Gasteiger partial charge is 0.698 e. The molecule has 2 atom stereocenters. The summed E-state index contributed by atoms with van der Waals surface area (Å²) in [6.45, 7) is 29.8. The minimum Gasteiger partial charge on any atom is -0.541 e. The van der Waals surface area contributed by atoms with Gasteiger partial charge in [0.15, 0.2) is 11.5 Å². The highest BCUT2D eigenvalue weighted by Gasteiger charge is 2.41. The third-order valence-corrected chi connectivity index (χ3v) is 18.3. The first-order valence-electron chi connectivity index (χ1n) is 14.6. The van der Waals surface area contributed by atoms with Gasteiger partial charge in [-0.05, 0) is 110 Å². The van der Waals surface area contributed by atoms with E-state index >= 15 is 0 Å². The van der Waals surface area contributed by atoms with E-state index in [1.165, 1.54) is 0 Å². The average molecular weight is 638 g/mol. The van der Waals surface area contributed by atoms with Gasteiger partial charge in [-0.15, -0.1) is 9.05 Å². The highest BCUT2D eigenvalue weighted by atomic mass is 31.1. The number of benzene rings is 2. The predicted octanol–water partition coefficient (Wildman–Crippen LogP) is 10.6. The highest BCUT2D eigenvalue weighted by Crippen LogP contribution is 2.46. The zero-order valence-electron chi connectivity index (χ0n) is 28.8. The molecule has 0 aromatic heterocycles. The van der Waals surface area contributed by atoms with E-state index < -0.39 is 37.1 Å². The molecule has 2 aromatic rings. The first-order chi connectivity index (χ1) is 19.0. The van der Waals surface area contributed by atoms with Gasteiger partial charge in [-0.3, -0.25) is 0 Å². The Hall–Kier alpha value is -1.91. The number of hydrogen-bond donors (Lipinski definition) is 0. The third-order valence-electron chi connectivity index (χ3n) is 8.72. The van der Waals surface area contributed by atoms with Gasteiger partial charge >= 0.3 is 8.25 Å². The van der Waals surface area contributed by atoms with Crippen molar-refractivity contribution in [3.63, 3.8) is 0 Å². The van der Waals surface area contributed by atoms with Gasteiger partial charge in [0, 0.05) is 4.57 Å². The molecule has 0 aliphatic rings. The molecule has 0 bridgehead atoms. The number of ether oxygens (including phenoxy) is 2. The van der Waals surface area contributed by atoms with Crippen LogP contribution < -0.4 is 18.3 Å². The van der Waals surface area contributed by atoms with Crippen LogP contribution in [0.1, 0.15) is 89.9 Å². The van der Waals surface area contributed by atoms with Crippen molar-refractivity contribution in [3.05, 3.63) is 46.5 Å². The fraction of sp³-hybridized carbons (Fsp3) is 0.625. The van der Waals surface area contributed by atoms with E-state index in [1.54, 1.807) is 14.2 Å². The second-order valence-electron chi connectivity index (χ2n) is 14.2. The Labute approximate surface area is 257 Å². The zero-order valence-corrected chi connectivity index (χ0v) is 31.7. The Morgan fingerprint density at radius 3 is 1.21 bits per heavy atom. The fourth-order valence-corrected chi connectivity index (χ4v) is 6.76. The van der Waals surface area contributed by atoms with Gasteiger partial charge in [0.2, 0.25) is 0 Å². The first-order valence-corrected chi connectivity index (χ1v) is 21.5. The molecule has 0 saturated heterocycles. The van der Waals surface area contributed by atoms with E-state index in [-0.39, 0.29) is 10.1 Å². The van der Waals surface area contributed by atoms with Crippen molar-refractivity contribution in [2.45, 2.75) is 118 Å². The predicted molar refractivity (Wildman–Crippen MR) is 178 cm³/mol. The first kappa shape index (κ1) is 36.3. The SMILES string of the molecule is COc1cc(C(C)O[P+](=O)OC(C)c2cc(C)c(O[Si](C)(C)C(C)(C)C)c(OC)c2)cc(C)c1O[Si](C)(C)C(C)(C)C. The van der Waals surface area contributed by atoms with Crippen LogP contribution in [0, 0.1) is 13.8 Å². The van der Waals surface area contributed by atoms with Crippen LogP contribution >= 0.6 is 8.25 Å². The number of rotatable bonds is 12. The minimum absolute atomic E-state index is 0.0482. The summed E-state index contributed by atoms with van der Waals surface area (Å²) in [7, 11) is -3.31. The summed E-state index contributed by atoms with van der Waals surface area (Å²) in [5, 5.41) is 0.0964. The summed E-state index contributed by atoms with van der Waals surface area (Å²) in [5.41, 5.74) is 3.54. The van der Waals surface area contributed by atoms with Gasteiger partial charge in [0.05, 0.1) is 14.2 Å². The number of methoxy groups -OCH3 is 2. The molecule has 0 spiro atoms. The molecule has 2 aromatic carbocycles. The normalized spacial score (nSPS) is 14.7. The molecule has 0 heterocycles. The van der Waals surface area contributed by atoms with Gasteiger partial charge < -0.3 is 18.3 Å². The van der Waals surface area contributed by atoms with Crippen molar-refractivity contribution in [1.29, 1.82) is 0 Å². The molecule has 0 radical (unpaired) electrons. The van der Waals surface area contributed by atoms with Gasteiger partial charge in [-0.2, -0.15) is 0 Å². The molecule has 10 heteroatoms. The van der Waals surface area contributed by atoms with Crippen LogP contribution in [0.2, 0.25) is 36.3 Å². The standard InChI is InChI=1S/C32H54O7PSi2/c1-21-17-25(19-27(34-11)29(21)38-41(13,14)31(5,6)7)23(3)36-40(33)37-24(4)26-18-22(2)30(28(20-26)35-12)39-42(15,16)32(8,9)10/h17-20,23-24H,1-16H3/q+1. The number of aryl methyl sites for hydroxylation is 2. The van der Waals surface area contributed by atoms with E-state index in [4.69, 9.17) is 27.4 Å². The monoisotopic (exact) mass is 637 g/mol. The third kappa shape index (κ3) is 8.59. The second kappa shape index (κ2) is 13.4. The Bertz CT molecular complexity index is 1170. The van der Waals surface area contributed by atoms with E-state index in [0.717, 1.165) is 33.8 Å². The summed E-state index contributed by atoms with van der Waals surface area (Å²) in [5.74, 6) is 2.77. The van der Waals surface area contributed by atoms with Crippen molar-refractivity contribution < 1.29 is 31.9 Å². The lowest BCUT2D eigenvalue weighted by molar-refractivity contribution is 0.146. The molecule has 0 saturated carbocycles. The van der Waals surface area contributed by atoms with Crippen LogP contribution in [0.15, 0.2) is 24.3 Å². The van der Waals surface area contributed by atoms with Crippen LogP contribution in [0.4, 0.5) is 0 Å². The van der Waals surface area contributed by atoms with E-state index in [2.05, 4.69) is 67.7 Å². The Kier molecular flexibility index (Phi) is 11.6. The zero-order chi connectivity index (χ0) is 32.4. The van der Waals surface area contributed by atoms with Crippen LogP contribution in [0.3, 0.4) is 0 Å². The molecule has 0 aliphatic heterocycles. The lowest BCUT2D eigenvalue weighted by Gasteiger charge is -2.37. The molecular formula is C32H54O7PSi2+. The van der Waals surface area contributed by atoms with Gasteiger partial charge in [-0.1, -0.05) is 41.5 Å². The van der Waals surface area contributed by atoms with Gasteiger partial charge in [0.1, 0.15) is 23.7 Å². The Morgan fingerprint density at radius 1 is 0.643 bits per heavy atom. The van der Waals surface area contributed by atoms with E-state index in [9.17, 15) is 4.57 Å². The van der Waals surface area contributed by atoms with Gasteiger partial charge in [0.25, 0.3) is 16.6 Å². The van der Waals surface area contributed by atoms with Crippen molar-refractivity contribution in [1.82, 2.24) is 0 Å². The highest BCUT2D eigenvalue weighted by molar-refractivity contribution is 7.33. The maximum absolute atomic E-state index is 13.0. The molecule has 0 amide bonds. The lowest BCUT2D eigenvalue weighted by atomic mass is 10.1. The molecule has 0 fully saturated rings. The maximum Gasteiger partial charge on any atom is 0.698 e. The Morgan fingerprint density at radius 2 is 0.952 bits per heavy atom. The topological polar surface area (TPSA) is 72.5 Å². The fourth-order valence-electron chi connectivity index (χ4n) is 3.79. The smallest absolute Gasteiger partial charge is 0.541 e. The molecule has 0 aliphatic carbocycles. The molecule has 7 nitrogen and oxygen atoms in total. The Balaban J connectivity index is 2.21. The average Bonchev–Trinajstić information content (AvgIpc) is 2.84. The van der Waals surface area contributed by atoms with E-state index in [0.29, 0.717) is 11.5 Å². The van der Waals surface area contributed by atoms with E-state index in [1.807, 2.05) is 52.0 Å². The summed E-state index contributed by atoms with van der Waals surface area (Å²) in [4.78, 5) is 0. The molecule has 2 unspecified atom stereocenters. The van der Waals surface area contributed by atoms with Crippen LogP contribution in [0.5, 0.6) is 23.0 Å². The van der Waals surface area contributed by atoms with Crippen molar-refractivity contribution in [3.8, 4) is 23.0 Å². The number of hydrogen-bond acceptors (Lipinski definition) is 7. The van der Waals surface area contributed by atoms with Gasteiger partial charge in [-0.25, -0.2) is 0 Å². The quantitative estimate of drug-likeness (QED) is 0.169. The van der Waals surface area contributed by atoms with Crippen molar-refractivity contribution in [2.24, 2.45) is 0 Å². The second-order valence-corrected chi connectivity index (χ2v) is 24.5. The van der Waals surface area contributed by atoms with Crippen molar-refractivity contribution in [2.75, 3.05) is 14.2 Å². The summed E-state index contributed by atoms with van der Waals surface area (Å²) in [6.07, 6.45) is -0.987.